The van der Waals surface area contributed by atoms with Crippen LogP contribution in [0.3, 0.4) is 0 Å². The van der Waals surface area contributed by atoms with Gasteiger partial charge in [-0.2, -0.15) is 4.31 Å². The monoisotopic (exact) mass is 395 g/mol. The van der Waals surface area contributed by atoms with Crippen molar-refractivity contribution in [2.75, 3.05) is 23.4 Å². The highest BCUT2D eigenvalue weighted by Gasteiger charge is 2.27. The Morgan fingerprint density at radius 1 is 1.00 bits per heavy atom. The van der Waals surface area contributed by atoms with Crippen LogP contribution in [0.25, 0.3) is 0 Å². The van der Waals surface area contributed by atoms with Gasteiger partial charge in [-0.25, -0.2) is 8.42 Å². The highest BCUT2D eigenvalue weighted by molar-refractivity contribution is 7.88. The average molecular weight is 396 g/mol. The van der Waals surface area contributed by atoms with Crippen LogP contribution < -0.4 is 10.6 Å². The second-order valence-corrected chi connectivity index (χ2v) is 9.01. The number of anilines is 2. The molecule has 0 radical (unpaired) electrons. The maximum absolute atomic E-state index is 12.3. The molecule has 1 aromatic rings. The predicted molar refractivity (Wildman–Crippen MR) is 107 cm³/mol. The van der Waals surface area contributed by atoms with Crippen LogP contribution in [0.5, 0.6) is 0 Å². The standard InChI is InChI=1S/C19H29N3O4S/c1-15(23)20-16-9-11-17(12-10-16)21-19(24)13-14-22(27(2,25)26)18-7-5-3-4-6-8-18/h9-12,18H,3-8,13-14H2,1-2H3,(H,20,23)(H,21,24). The molecule has 150 valence electrons. The van der Waals surface area contributed by atoms with Crippen molar-refractivity contribution in [2.24, 2.45) is 0 Å². The van der Waals surface area contributed by atoms with Gasteiger partial charge in [0.1, 0.15) is 0 Å². The summed E-state index contributed by atoms with van der Waals surface area (Å²) in [7, 11) is -3.35. The second-order valence-electron chi connectivity index (χ2n) is 7.08. The van der Waals surface area contributed by atoms with Gasteiger partial charge in [0, 0.05) is 37.3 Å². The van der Waals surface area contributed by atoms with E-state index in [1.165, 1.54) is 17.5 Å². The van der Waals surface area contributed by atoms with Gasteiger partial charge in [-0.1, -0.05) is 25.7 Å². The van der Waals surface area contributed by atoms with Crippen molar-refractivity contribution in [2.45, 2.75) is 57.9 Å². The third kappa shape index (κ3) is 7.30. The van der Waals surface area contributed by atoms with Gasteiger partial charge in [0.25, 0.3) is 0 Å². The summed E-state index contributed by atoms with van der Waals surface area (Å²) < 4.78 is 25.9. The van der Waals surface area contributed by atoms with Gasteiger partial charge in [-0.15, -0.1) is 0 Å². The highest BCUT2D eigenvalue weighted by atomic mass is 32.2. The number of carbonyl (C=O) groups excluding carboxylic acids is 2. The van der Waals surface area contributed by atoms with Crippen LogP contribution >= 0.6 is 0 Å². The molecule has 0 heterocycles. The van der Waals surface area contributed by atoms with Crippen LogP contribution in [-0.2, 0) is 19.6 Å². The van der Waals surface area contributed by atoms with Gasteiger partial charge >= 0.3 is 0 Å². The molecule has 1 fully saturated rings. The third-order valence-corrected chi connectivity index (χ3v) is 6.04. The lowest BCUT2D eigenvalue weighted by atomic mass is 10.1. The summed E-state index contributed by atoms with van der Waals surface area (Å²) in [6, 6.07) is 6.79. The number of hydrogen-bond acceptors (Lipinski definition) is 4. The number of benzene rings is 1. The van der Waals surface area contributed by atoms with Crippen molar-refractivity contribution < 1.29 is 18.0 Å². The molecule has 1 aliphatic carbocycles. The highest BCUT2D eigenvalue weighted by Crippen LogP contribution is 2.24. The maximum atomic E-state index is 12.3. The first-order valence-corrected chi connectivity index (χ1v) is 11.2. The first-order valence-electron chi connectivity index (χ1n) is 9.40. The smallest absolute Gasteiger partial charge is 0.225 e. The number of hydrogen-bond donors (Lipinski definition) is 2. The molecule has 0 aliphatic heterocycles. The zero-order valence-corrected chi connectivity index (χ0v) is 16.8. The van der Waals surface area contributed by atoms with Crippen LogP contribution in [-0.4, -0.2) is 43.4 Å². The molecule has 0 atom stereocenters. The van der Waals surface area contributed by atoms with Crippen molar-refractivity contribution >= 4 is 33.2 Å². The number of sulfonamides is 1. The fourth-order valence-corrected chi connectivity index (χ4v) is 4.62. The van der Waals surface area contributed by atoms with E-state index in [0.717, 1.165) is 38.5 Å². The lowest BCUT2D eigenvalue weighted by Crippen LogP contribution is -2.41. The van der Waals surface area contributed by atoms with E-state index in [4.69, 9.17) is 0 Å². The predicted octanol–water partition coefficient (Wildman–Crippen LogP) is 2.96. The topological polar surface area (TPSA) is 95.6 Å². The van der Waals surface area contributed by atoms with Crippen molar-refractivity contribution in [3.63, 3.8) is 0 Å². The van der Waals surface area contributed by atoms with Crippen LogP contribution in [0.15, 0.2) is 24.3 Å². The molecule has 0 bridgehead atoms. The van der Waals surface area contributed by atoms with E-state index >= 15 is 0 Å². The normalized spacial score (nSPS) is 16.0. The summed E-state index contributed by atoms with van der Waals surface area (Å²) in [4.78, 5) is 23.3. The Morgan fingerprint density at radius 2 is 1.52 bits per heavy atom. The molecular weight excluding hydrogens is 366 g/mol. The van der Waals surface area contributed by atoms with Gasteiger partial charge in [0.2, 0.25) is 21.8 Å². The number of rotatable bonds is 7. The third-order valence-electron chi connectivity index (χ3n) is 4.71. The van der Waals surface area contributed by atoms with Gasteiger partial charge in [-0.3, -0.25) is 9.59 Å². The Balaban J connectivity index is 1.92. The Hall–Kier alpha value is -1.93. The summed E-state index contributed by atoms with van der Waals surface area (Å²) in [6.45, 7) is 1.62. The van der Waals surface area contributed by atoms with E-state index in [1.54, 1.807) is 24.3 Å². The molecule has 2 N–H and O–H groups in total. The summed E-state index contributed by atoms with van der Waals surface area (Å²) in [5, 5.41) is 5.43. The van der Waals surface area contributed by atoms with E-state index < -0.39 is 10.0 Å². The molecule has 27 heavy (non-hydrogen) atoms. The molecule has 0 saturated heterocycles. The SMILES string of the molecule is CC(=O)Nc1ccc(NC(=O)CCN(C2CCCCCC2)S(C)(=O)=O)cc1. The molecule has 2 amide bonds. The zero-order valence-electron chi connectivity index (χ0n) is 16.0. The van der Waals surface area contributed by atoms with E-state index in [1.807, 2.05) is 0 Å². The molecule has 0 spiro atoms. The summed E-state index contributed by atoms with van der Waals surface area (Å²) in [5.41, 5.74) is 1.26. The number of nitrogens with zero attached hydrogens (tertiary/aromatic N) is 1. The van der Waals surface area contributed by atoms with E-state index in [0.29, 0.717) is 11.4 Å². The minimum Gasteiger partial charge on any atom is -0.326 e. The van der Waals surface area contributed by atoms with Crippen LogP contribution in [0.1, 0.15) is 51.9 Å². The van der Waals surface area contributed by atoms with Crippen LogP contribution in [0, 0.1) is 0 Å². The first kappa shape index (κ1) is 21.4. The van der Waals surface area contributed by atoms with Crippen LogP contribution in [0.4, 0.5) is 11.4 Å². The van der Waals surface area contributed by atoms with Crippen molar-refractivity contribution in [3.8, 4) is 0 Å². The quantitative estimate of drug-likeness (QED) is 0.694. The van der Waals surface area contributed by atoms with Gasteiger partial charge in [-0.05, 0) is 37.1 Å². The lowest BCUT2D eigenvalue weighted by Gasteiger charge is -2.28. The van der Waals surface area contributed by atoms with Gasteiger partial charge in [0.15, 0.2) is 0 Å². The fourth-order valence-electron chi connectivity index (χ4n) is 3.44. The molecule has 8 heteroatoms. The lowest BCUT2D eigenvalue weighted by molar-refractivity contribution is -0.116. The van der Waals surface area contributed by atoms with Gasteiger partial charge < -0.3 is 10.6 Å². The molecule has 1 aliphatic rings. The number of amides is 2. The summed E-state index contributed by atoms with van der Waals surface area (Å²) >= 11 is 0. The second kappa shape index (κ2) is 9.85. The average Bonchev–Trinajstić information content (AvgIpc) is 2.84. The molecule has 7 nitrogen and oxygen atoms in total. The minimum absolute atomic E-state index is 0.00719. The molecular formula is C19H29N3O4S. The Morgan fingerprint density at radius 3 is 2.00 bits per heavy atom. The number of carbonyl (C=O) groups is 2. The molecule has 0 aromatic heterocycles. The first-order chi connectivity index (χ1) is 12.8. The summed E-state index contributed by atoms with van der Waals surface area (Å²) in [5.74, 6) is -0.393. The zero-order chi connectivity index (χ0) is 19.9. The van der Waals surface area contributed by atoms with E-state index in [2.05, 4.69) is 10.6 Å². The van der Waals surface area contributed by atoms with Crippen molar-refractivity contribution in [3.05, 3.63) is 24.3 Å². The maximum Gasteiger partial charge on any atom is 0.225 e. The van der Waals surface area contributed by atoms with Crippen molar-refractivity contribution in [1.29, 1.82) is 0 Å². The largest absolute Gasteiger partial charge is 0.326 e. The van der Waals surface area contributed by atoms with Crippen LogP contribution in [0.2, 0.25) is 0 Å². The van der Waals surface area contributed by atoms with E-state index in [-0.39, 0.29) is 30.8 Å². The molecule has 1 aromatic carbocycles. The Bertz CT molecular complexity index is 739. The summed E-state index contributed by atoms with van der Waals surface area (Å²) in [6.07, 6.45) is 7.39. The minimum atomic E-state index is -3.35. The Labute approximate surface area is 161 Å². The molecule has 1 saturated carbocycles. The molecule has 2 rings (SSSR count). The van der Waals surface area contributed by atoms with Crippen molar-refractivity contribution in [1.82, 2.24) is 4.31 Å². The molecule has 0 unspecified atom stereocenters. The van der Waals surface area contributed by atoms with E-state index in [9.17, 15) is 18.0 Å². The fraction of sp³-hybridized carbons (Fsp3) is 0.579. The Kier molecular flexibility index (Phi) is 7.79. The van der Waals surface area contributed by atoms with Gasteiger partial charge in [0.05, 0.1) is 6.26 Å². The number of nitrogens with one attached hydrogen (secondary N) is 2.